The largest absolute Gasteiger partial charge is 0.399 e. The number of benzene rings is 1. The zero-order valence-electron chi connectivity index (χ0n) is 10.1. The van der Waals surface area contributed by atoms with Gasteiger partial charge in [0.1, 0.15) is 5.82 Å². The van der Waals surface area contributed by atoms with Gasteiger partial charge in [0.25, 0.3) is 0 Å². The fraction of sp³-hybridized carbons (Fsp3) is 0.385. The molecule has 0 amide bonds. The molecule has 18 heavy (non-hydrogen) atoms. The van der Waals surface area contributed by atoms with Crippen molar-refractivity contribution in [2.24, 2.45) is 0 Å². The lowest BCUT2D eigenvalue weighted by molar-refractivity contribution is 0.154. The second-order valence-corrected chi connectivity index (χ2v) is 4.72. The summed E-state index contributed by atoms with van der Waals surface area (Å²) in [6.45, 7) is 1.56. The molecule has 2 heterocycles. The van der Waals surface area contributed by atoms with Crippen molar-refractivity contribution in [3.8, 4) is 0 Å². The van der Waals surface area contributed by atoms with E-state index in [1.165, 1.54) is 0 Å². The third-order valence-corrected chi connectivity index (χ3v) is 3.27. The van der Waals surface area contributed by atoms with Gasteiger partial charge in [0, 0.05) is 18.8 Å². The van der Waals surface area contributed by atoms with Crippen molar-refractivity contribution in [3.05, 3.63) is 24.4 Å². The van der Waals surface area contributed by atoms with Gasteiger partial charge >= 0.3 is 0 Å². The van der Waals surface area contributed by atoms with Crippen LogP contribution >= 0.6 is 0 Å². The van der Waals surface area contributed by atoms with Gasteiger partial charge in [0.05, 0.1) is 23.3 Å². The third-order valence-electron chi connectivity index (χ3n) is 3.27. The Bertz CT molecular complexity index is 572. The van der Waals surface area contributed by atoms with Gasteiger partial charge in [-0.2, -0.15) is 0 Å². The number of hydrogen-bond donors (Lipinski definition) is 2. The van der Waals surface area contributed by atoms with E-state index in [2.05, 4.69) is 14.9 Å². The smallest absolute Gasteiger partial charge is 0.147 e. The fourth-order valence-electron chi connectivity index (χ4n) is 2.33. The van der Waals surface area contributed by atoms with Crippen LogP contribution in [0.3, 0.4) is 0 Å². The molecule has 3 N–H and O–H groups in total. The summed E-state index contributed by atoms with van der Waals surface area (Å²) >= 11 is 0. The van der Waals surface area contributed by atoms with E-state index in [9.17, 15) is 5.11 Å². The molecule has 0 radical (unpaired) electrons. The van der Waals surface area contributed by atoms with Crippen molar-refractivity contribution in [2.45, 2.75) is 18.9 Å². The number of rotatable bonds is 1. The van der Waals surface area contributed by atoms with E-state index >= 15 is 0 Å². The highest BCUT2D eigenvalue weighted by molar-refractivity contribution is 5.79. The Balaban J connectivity index is 1.95. The quantitative estimate of drug-likeness (QED) is 0.737. The Morgan fingerprint density at radius 3 is 3.06 bits per heavy atom. The van der Waals surface area contributed by atoms with Crippen LogP contribution in [0.4, 0.5) is 11.5 Å². The van der Waals surface area contributed by atoms with Crippen LogP contribution in [0.5, 0.6) is 0 Å². The minimum atomic E-state index is -0.261. The highest BCUT2D eigenvalue weighted by atomic mass is 16.3. The Kier molecular flexibility index (Phi) is 2.76. The average molecular weight is 244 g/mol. The van der Waals surface area contributed by atoms with Crippen LogP contribution in [-0.2, 0) is 0 Å². The maximum absolute atomic E-state index is 9.68. The third kappa shape index (κ3) is 2.09. The molecule has 3 rings (SSSR count). The predicted molar refractivity (Wildman–Crippen MR) is 71.4 cm³/mol. The average Bonchev–Trinajstić information content (AvgIpc) is 2.38. The summed E-state index contributed by atoms with van der Waals surface area (Å²) in [6.07, 6.45) is 3.35. The highest BCUT2D eigenvalue weighted by Crippen LogP contribution is 2.20. The first-order chi connectivity index (χ1) is 8.72. The van der Waals surface area contributed by atoms with Crippen molar-refractivity contribution in [3.63, 3.8) is 0 Å². The van der Waals surface area contributed by atoms with Crippen LogP contribution in [0, 0.1) is 0 Å². The molecule has 2 aromatic rings. The number of hydrogen-bond acceptors (Lipinski definition) is 5. The summed E-state index contributed by atoms with van der Waals surface area (Å²) in [6, 6.07) is 5.52. The number of aliphatic hydroxyl groups excluding tert-OH is 1. The molecule has 5 nitrogen and oxygen atoms in total. The van der Waals surface area contributed by atoms with Crippen molar-refractivity contribution in [2.75, 3.05) is 23.7 Å². The van der Waals surface area contributed by atoms with Gasteiger partial charge in [0.15, 0.2) is 0 Å². The summed E-state index contributed by atoms with van der Waals surface area (Å²) in [5.74, 6) is 0.825. The van der Waals surface area contributed by atoms with E-state index in [1.807, 2.05) is 18.2 Å². The molecular formula is C13H16N4O. The zero-order chi connectivity index (χ0) is 12.5. The number of nitrogens with two attached hydrogens (primary N) is 1. The van der Waals surface area contributed by atoms with Crippen LogP contribution in [0.15, 0.2) is 24.4 Å². The number of aliphatic hydroxyl groups is 1. The van der Waals surface area contributed by atoms with Crippen molar-refractivity contribution in [1.29, 1.82) is 0 Å². The molecular weight excluding hydrogens is 228 g/mol. The van der Waals surface area contributed by atoms with E-state index in [4.69, 9.17) is 5.73 Å². The van der Waals surface area contributed by atoms with Crippen molar-refractivity contribution < 1.29 is 5.11 Å². The Morgan fingerprint density at radius 1 is 1.33 bits per heavy atom. The van der Waals surface area contributed by atoms with Gasteiger partial charge in [-0.3, -0.25) is 4.98 Å². The summed E-state index contributed by atoms with van der Waals surface area (Å²) in [7, 11) is 0. The minimum absolute atomic E-state index is 0.261. The minimum Gasteiger partial charge on any atom is -0.399 e. The number of nitrogen functional groups attached to an aromatic ring is 1. The van der Waals surface area contributed by atoms with Crippen molar-refractivity contribution >= 4 is 22.5 Å². The molecule has 1 saturated heterocycles. The number of nitrogens with zero attached hydrogens (tertiary/aromatic N) is 3. The number of fused-ring (bicyclic) bond motifs is 1. The Labute approximate surface area is 105 Å². The first-order valence-corrected chi connectivity index (χ1v) is 6.18. The number of β-amino-alcohol motifs (C(OH)–C–C–N with tert-alkyl or cyclic N) is 1. The van der Waals surface area contributed by atoms with Gasteiger partial charge in [-0.05, 0) is 31.0 Å². The first-order valence-electron chi connectivity index (χ1n) is 6.18. The molecule has 1 atom stereocenters. The summed E-state index contributed by atoms with van der Waals surface area (Å²) in [5.41, 5.74) is 8.04. The molecule has 1 aliphatic rings. The predicted octanol–water partition coefficient (Wildman–Crippen LogP) is 1.17. The molecule has 0 spiro atoms. The fourth-order valence-corrected chi connectivity index (χ4v) is 2.33. The normalized spacial score (nSPS) is 20.3. The van der Waals surface area contributed by atoms with Crippen LogP contribution < -0.4 is 10.6 Å². The van der Waals surface area contributed by atoms with E-state index in [0.717, 1.165) is 36.2 Å². The maximum Gasteiger partial charge on any atom is 0.147 e. The zero-order valence-corrected chi connectivity index (χ0v) is 10.1. The molecule has 0 bridgehead atoms. The lowest BCUT2D eigenvalue weighted by Crippen LogP contribution is -2.38. The molecule has 0 aliphatic carbocycles. The highest BCUT2D eigenvalue weighted by Gasteiger charge is 2.19. The SMILES string of the molecule is Nc1ccc2nc(N3CCCC(O)C3)cnc2c1. The molecule has 1 aromatic carbocycles. The molecule has 5 heteroatoms. The summed E-state index contributed by atoms with van der Waals surface area (Å²) < 4.78 is 0. The second-order valence-electron chi connectivity index (χ2n) is 4.72. The van der Waals surface area contributed by atoms with Crippen molar-refractivity contribution in [1.82, 2.24) is 9.97 Å². The van der Waals surface area contributed by atoms with Gasteiger partial charge < -0.3 is 15.7 Å². The van der Waals surface area contributed by atoms with Gasteiger partial charge in [-0.15, -0.1) is 0 Å². The molecule has 1 aliphatic heterocycles. The second kappa shape index (κ2) is 4.42. The van der Waals surface area contributed by atoms with Crippen LogP contribution in [0.1, 0.15) is 12.8 Å². The topological polar surface area (TPSA) is 75.3 Å². The van der Waals surface area contributed by atoms with Gasteiger partial charge in [-0.25, -0.2) is 4.98 Å². The van der Waals surface area contributed by atoms with Crippen LogP contribution in [0.25, 0.3) is 11.0 Å². The first kappa shape index (κ1) is 11.2. The number of piperidine rings is 1. The van der Waals surface area contributed by atoms with Crippen LogP contribution in [0.2, 0.25) is 0 Å². The molecule has 1 aromatic heterocycles. The summed E-state index contributed by atoms with van der Waals surface area (Å²) in [5, 5.41) is 9.68. The van der Waals surface area contributed by atoms with E-state index < -0.39 is 0 Å². The van der Waals surface area contributed by atoms with Gasteiger partial charge in [-0.1, -0.05) is 0 Å². The monoisotopic (exact) mass is 244 g/mol. The van der Waals surface area contributed by atoms with Crippen LogP contribution in [-0.4, -0.2) is 34.3 Å². The molecule has 0 saturated carbocycles. The summed E-state index contributed by atoms with van der Waals surface area (Å²) in [4.78, 5) is 11.0. The van der Waals surface area contributed by atoms with E-state index in [0.29, 0.717) is 12.2 Å². The van der Waals surface area contributed by atoms with E-state index in [-0.39, 0.29) is 6.10 Å². The Hall–Kier alpha value is -1.88. The number of anilines is 2. The lowest BCUT2D eigenvalue weighted by Gasteiger charge is -2.30. The maximum atomic E-state index is 9.68. The molecule has 1 unspecified atom stereocenters. The van der Waals surface area contributed by atoms with Gasteiger partial charge in [0.2, 0.25) is 0 Å². The number of aromatic nitrogens is 2. The van der Waals surface area contributed by atoms with E-state index in [1.54, 1.807) is 6.20 Å². The Morgan fingerprint density at radius 2 is 2.22 bits per heavy atom. The molecule has 94 valence electrons. The standard InChI is InChI=1S/C13H16N4O/c14-9-3-4-11-12(6-9)15-7-13(16-11)17-5-1-2-10(18)8-17/h3-4,6-7,10,18H,1-2,5,8,14H2. The lowest BCUT2D eigenvalue weighted by atomic mass is 10.1. The molecule has 1 fully saturated rings.